The van der Waals surface area contributed by atoms with Crippen molar-refractivity contribution in [1.82, 2.24) is 4.90 Å². The van der Waals surface area contributed by atoms with Gasteiger partial charge in [-0.15, -0.1) is 0 Å². The first kappa shape index (κ1) is 22.9. The number of nitrogens with zero attached hydrogens (tertiary/aromatic N) is 1. The number of para-hydroxylation sites is 3. The summed E-state index contributed by atoms with van der Waals surface area (Å²) in [7, 11) is 0. The maximum absolute atomic E-state index is 13.4. The highest BCUT2D eigenvalue weighted by Crippen LogP contribution is 2.34. The second-order valence-electron chi connectivity index (χ2n) is 7.34. The topological polar surface area (TPSA) is 75.7 Å². The number of benzene rings is 3. The van der Waals surface area contributed by atoms with E-state index in [1.165, 1.54) is 11.8 Å². The van der Waals surface area contributed by atoms with E-state index in [2.05, 4.69) is 5.32 Å². The molecule has 3 aromatic rings. The molecule has 1 N–H and O–H groups in total. The monoisotopic (exact) mass is 480 g/mol. The quantitative estimate of drug-likeness (QED) is 0.431. The molecule has 1 atom stereocenters. The molecule has 168 valence electrons. The van der Waals surface area contributed by atoms with Crippen LogP contribution < -0.4 is 10.1 Å². The Labute approximate surface area is 200 Å². The lowest BCUT2D eigenvalue weighted by molar-refractivity contribution is -0.120. The lowest BCUT2D eigenvalue weighted by Gasteiger charge is -2.25. The van der Waals surface area contributed by atoms with Gasteiger partial charge in [-0.25, -0.2) is 0 Å². The Balaban J connectivity index is 1.60. The lowest BCUT2D eigenvalue weighted by atomic mass is 10.1. The number of halogens is 1. The molecule has 0 saturated heterocycles. The van der Waals surface area contributed by atoms with Gasteiger partial charge in [0.2, 0.25) is 5.91 Å². The highest BCUT2D eigenvalue weighted by atomic mass is 35.5. The van der Waals surface area contributed by atoms with Crippen molar-refractivity contribution in [3.8, 4) is 11.5 Å². The third-order valence-corrected chi connectivity index (χ3v) is 6.19. The highest BCUT2D eigenvalue weighted by molar-refractivity contribution is 7.98. The Hall–Kier alpha value is -3.29. The summed E-state index contributed by atoms with van der Waals surface area (Å²) in [5.41, 5.74) is 1.03. The minimum Gasteiger partial charge on any atom is -0.454 e. The van der Waals surface area contributed by atoms with Gasteiger partial charge < -0.3 is 10.1 Å². The zero-order valence-corrected chi connectivity index (χ0v) is 19.4. The summed E-state index contributed by atoms with van der Waals surface area (Å²) >= 11 is 7.74. The van der Waals surface area contributed by atoms with E-state index >= 15 is 0 Å². The third-order valence-electron chi connectivity index (χ3n) is 5.24. The van der Waals surface area contributed by atoms with Crippen molar-refractivity contribution in [1.29, 1.82) is 0 Å². The van der Waals surface area contributed by atoms with E-state index in [-0.39, 0.29) is 0 Å². The molecule has 1 heterocycles. The number of hydrogen-bond acceptors (Lipinski definition) is 5. The van der Waals surface area contributed by atoms with Crippen LogP contribution in [0, 0.1) is 0 Å². The Morgan fingerprint density at radius 3 is 2.15 bits per heavy atom. The van der Waals surface area contributed by atoms with Crippen molar-refractivity contribution in [3.63, 3.8) is 0 Å². The summed E-state index contributed by atoms with van der Waals surface area (Å²) < 4.78 is 5.92. The van der Waals surface area contributed by atoms with Gasteiger partial charge in [-0.05, 0) is 54.8 Å². The number of hydrogen-bond donors (Lipinski definition) is 1. The average Bonchev–Trinajstić information content (AvgIpc) is 3.07. The Morgan fingerprint density at radius 2 is 1.52 bits per heavy atom. The number of imide groups is 1. The first-order valence-corrected chi connectivity index (χ1v) is 12.1. The minimum absolute atomic E-state index is 0.312. The fourth-order valence-corrected chi connectivity index (χ4v) is 4.25. The van der Waals surface area contributed by atoms with Crippen molar-refractivity contribution in [3.05, 3.63) is 88.9 Å². The van der Waals surface area contributed by atoms with Gasteiger partial charge in [0.15, 0.2) is 5.75 Å². The van der Waals surface area contributed by atoms with Gasteiger partial charge in [-0.3, -0.25) is 19.3 Å². The van der Waals surface area contributed by atoms with Crippen molar-refractivity contribution >= 4 is 46.8 Å². The van der Waals surface area contributed by atoms with Crippen LogP contribution in [0.5, 0.6) is 11.5 Å². The van der Waals surface area contributed by atoms with Crippen LogP contribution in [0.4, 0.5) is 5.69 Å². The van der Waals surface area contributed by atoms with Crippen LogP contribution >= 0.6 is 23.4 Å². The first-order chi connectivity index (χ1) is 16.0. The number of thioether (sulfide) groups is 1. The summed E-state index contributed by atoms with van der Waals surface area (Å²) in [6.45, 7) is 0. The molecule has 33 heavy (non-hydrogen) atoms. The first-order valence-electron chi connectivity index (χ1n) is 10.3. The molecule has 3 aromatic carbocycles. The Kier molecular flexibility index (Phi) is 7.01. The van der Waals surface area contributed by atoms with Crippen LogP contribution in [0.2, 0.25) is 5.02 Å². The zero-order chi connectivity index (χ0) is 23.4. The number of ether oxygens (including phenoxy) is 1. The van der Waals surface area contributed by atoms with Crippen LogP contribution in [0.25, 0.3) is 0 Å². The molecule has 1 unspecified atom stereocenters. The molecule has 0 saturated carbocycles. The molecule has 4 rings (SSSR count). The predicted octanol–water partition coefficient (Wildman–Crippen LogP) is 5.49. The van der Waals surface area contributed by atoms with Gasteiger partial charge in [0.25, 0.3) is 11.8 Å². The van der Waals surface area contributed by atoms with E-state index in [0.29, 0.717) is 45.5 Å². The summed E-state index contributed by atoms with van der Waals surface area (Å²) in [6.07, 6.45) is 2.23. The predicted molar refractivity (Wildman–Crippen MR) is 130 cm³/mol. The highest BCUT2D eigenvalue weighted by Gasteiger charge is 2.42. The molecular weight excluding hydrogens is 460 g/mol. The molecule has 0 aromatic heterocycles. The van der Waals surface area contributed by atoms with Crippen LogP contribution in [-0.2, 0) is 4.79 Å². The van der Waals surface area contributed by atoms with Crippen LogP contribution in [0.15, 0.2) is 72.8 Å². The fourth-order valence-electron chi connectivity index (χ4n) is 3.62. The standard InChI is InChI=1S/C25H21ClN2O4S/c1-33-15-14-20(28-24(30)16-8-2-3-9-17(16)25(28)31)23(29)27-19-11-5-7-13-22(19)32-21-12-6-4-10-18(21)26/h2-13,20H,14-15H2,1H3,(H,27,29). The molecule has 0 fully saturated rings. The van der Waals surface area contributed by atoms with Gasteiger partial charge in [0, 0.05) is 0 Å². The summed E-state index contributed by atoms with van der Waals surface area (Å²) in [5.74, 6) is 0.0530. The Bertz CT molecular complexity index is 1180. The smallest absolute Gasteiger partial charge is 0.262 e. The molecule has 1 aliphatic heterocycles. The Morgan fingerprint density at radius 1 is 0.939 bits per heavy atom. The van der Waals surface area contributed by atoms with E-state index in [9.17, 15) is 14.4 Å². The van der Waals surface area contributed by atoms with Crippen molar-refractivity contribution in [2.45, 2.75) is 12.5 Å². The average molecular weight is 481 g/mol. The van der Waals surface area contributed by atoms with E-state index in [4.69, 9.17) is 16.3 Å². The number of fused-ring (bicyclic) bond motifs is 1. The van der Waals surface area contributed by atoms with E-state index in [1.807, 2.05) is 6.26 Å². The van der Waals surface area contributed by atoms with E-state index in [0.717, 1.165) is 4.90 Å². The number of amides is 3. The normalized spacial score (nSPS) is 13.6. The molecule has 0 bridgehead atoms. The van der Waals surface area contributed by atoms with Gasteiger partial charge >= 0.3 is 0 Å². The zero-order valence-electron chi connectivity index (χ0n) is 17.8. The summed E-state index contributed by atoms with van der Waals surface area (Å²) in [5, 5.41) is 3.27. The summed E-state index contributed by atoms with van der Waals surface area (Å²) in [6, 6.07) is 19.6. The lowest BCUT2D eigenvalue weighted by Crippen LogP contribution is -2.47. The second-order valence-corrected chi connectivity index (χ2v) is 8.73. The maximum atomic E-state index is 13.4. The second kappa shape index (κ2) is 10.1. The maximum Gasteiger partial charge on any atom is 0.262 e. The molecule has 6 nitrogen and oxygen atoms in total. The number of nitrogens with one attached hydrogen (secondary N) is 1. The number of carbonyl (C=O) groups is 3. The van der Waals surface area contributed by atoms with Crippen LogP contribution in [0.3, 0.4) is 0 Å². The van der Waals surface area contributed by atoms with Crippen molar-refractivity contribution in [2.24, 2.45) is 0 Å². The third kappa shape index (κ3) is 4.74. The number of carbonyl (C=O) groups excluding carboxylic acids is 3. The SMILES string of the molecule is CSCCC(C(=O)Nc1ccccc1Oc1ccccc1Cl)N1C(=O)c2ccccc2C1=O. The molecule has 0 radical (unpaired) electrons. The van der Waals surface area contributed by atoms with Gasteiger partial charge in [-0.1, -0.05) is 48.0 Å². The van der Waals surface area contributed by atoms with E-state index < -0.39 is 23.8 Å². The van der Waals surface area contributed by atoms with Gasteiger partial charge in [0.05, 0.1) is 21.8 Å². The van der Waals surface area contributed by atoms with E-state index in [1.54, 1.807) is 72.8 Å². The van der Waals surface area contributed by atoms with Gasteiger partial charge in [-0.2, -0.15) is 11.8 Å². The van der Waals surface area contributed by atoms with Gasteiger partial charge in [0.1, 0.15) is 11.8 Å². The van der Waals surface area contributed by atoms with Crippen molar-refractivity contribution < 1.29 is 19.1 Å². The molecule has 0 spiro atoms. The van der Waals surface area contributed by atoms with Crippen molar-refractivity contribution in [2.75, 3.05) is 17.3 Å². The largest absolute Gasteiger partial charge is 0.454 e. The van der Waals surface area contributed by atoms with Crippen LogP contribution in [0.1, 0.15) is 27.1 Å². The number of rotatable bonds is 8. The molecule has 1 aliphatic rings. The molecule has 3 amide bonds. The number of anilines is 1. The molecule has 8 heteroatoms. The summed E-state index contributed by atoms with van der Waals surface area (Å²) in [4.78, 5) is 40.4. The fraction of sp³-hybridized carbons (Fsp3) is 0.160. The van der Waals surface area contributed by atoms with Crippen LogP contribution in [-0.4, -0.2) is 40.7 Å². The minimum atomic E-state index is -0.960. The molecular formula is C25H21ClN2O4S. The molecule has 0 aliphatic carbocycles.